The van der Waals surface area contributed by atoms with Crippen molar-refractivity contribution in [2.24, 2.45) is 5.73 Å². The van der Waals surface area contributed by atoms with Crippen molar-refractivity contribution >= 4 is 29.9 Å². The van der Waals surface area contributed by atoms with E-state index in [1.54, 1.807) is 11.0 Å². The molecule has 0 saturated carbocycles. The van der Waals surface area contributed by atoms with Gasteiger partial charge in [-0.25, -0.2) is 0 Å². The fraction of sp³-hybridized carbons (Fsp3) is 0.235. The van der Waals surface area contributed by atoms with Crippen molar-refractivity contribution in [3.8, 4) is 11.1 Å². The SMILES string of the molecule is Cl.N[C@@H]1CCN(C(=O)c2cc(-c3ccccc3)ccc2Cl)C1. The Labute approximate surface area is 141 Å². The number of benzene rings is 2. The number of likely N-dealkylation sites (tertiary alicyclic amines) is 1. The first kappa shape index (κ1) is 16.8. The van der Waals surface area contributed by atoms with Crippen molar-refractivity contribution in [2.45, 2.75) is 12.5 Å². The van der Waals surface area contributed by atoms with Gasteiger partial charge in [-0.3, -0.25) is 4.79 Å². The molecule has 1 fully saturated rings. The summed E-state index contributed by atoms with van der Waals surface area (Å²) in [5, 5.41) is 0.486. The van der Waals surface area contributed by atoms with Crippen LogP contribution in [0.25, 0.3) is 11.1 Å². The third kappa shape index (κ3) is 3.43. The van der Waals surface area contributed by atoms with E-state index in [2.05, 4.69) is 0 Å². The monoisotopic (exact) mass is 336 g/mol. The lowest BCUT2D eigenvalue weighted by Gasteiger charge is -2.17. The molecule has 1 atom stereocenters. The molecule has 2 N–H and O–H groups in total. The van der Waals surface area contributed by atoms with Crippen LogP contribution in [0.3, 0.4) is 0 Å². The second kappa shape index (κ2) is 7.14. The Bertz CT molecular complexity index is 661. The maximum atomic E-state index is 12.6. The molecule has 22 heavy (non-hydrogen) atoms. The Morgan fingerprint density at radius 2 is 1.86 bits per heavy atom. The molecule has 0 aromatic heterocycles. The Balaban J connectivity index is 0.00000176. The van der Waals surface area contributed by atoms with E-state index in [0.29, 0.717) is 23.7 Å². The normalized spacial score (nSPS) is 17.2. The van der Waals surface area contributed by atoms with E-state index in [1.807, 2.05) is 42.5 Å². The summed E-state index contributed by atoms with van der Waals surface area (Å²) >= 11 is 6.21. The second-order valence-corrected chi connectivity index (χ2v) is 5.77. The van der Waals surface area contributed by atoms with Crippen LogP contribution in [0, 0.1) is 0 Å². The van der Waals surface area contributed by atoms with E-state index in [9.17, 15) is 4.79 Å². The molecule has 0 radical (unpaired) electrons. The van der Waals surface area contributed by atoms with Crippen LogP contribution in [0.15, 0.2) is 48.5 Å². The Hall–Kier alpha value is -1.55. The summed E-state index contributed by atoms with van der Waals surface area (Å²) in [6.07, 6.45) is 0.849. The standard InChI is InChI=1S/C17H17ClN2O.ClH/c18-16-7-6-13(12-4-2-1-3-5-12)10-15(16)17(21)20-9-8-14(19)11-20;/h1-7,10,14H,8-9,11,19H2;1H/t14-;/m1./s1. The van der Waals surface area contributed by atoms with Crippen LogP contribution in [-0.2, 0) is 0 Å². The van der Waals surface area contributed by atoms with Crippen LogP contribution < -0.4 is 5.73 Å². The number of amides is 1. The minimum Gasteiger partial charge on any atom is -0.337 e. The molecule has 1 amide bonds. The number of rotatable bonds is 2. The smallest absolute Gasteiger partial charge is 0.255 e. The average molecular weight is 337 g/mol. The Kier molecular flexibility index (Phi) is 5.46. The molecule has 2 aromatic rings. The van der Waals surface area contributed by atoms with Gasteiger partial charge in [-0.05, 0) is 29.7 Å². The molecule has 0 unspecified atom stereocenters. The third-order valence-electron chi connectivity index (χ3n) is 3.82. The quantitative estimate of drug-likeness (QED) is 0.910. The first-order valence-corrected chi connectivity index (χ1v) is 7.43. The van der Waals surface area contributed by atoms with Gasteiger partial charge in [0.1, 0.15) is 0 Å². The molecule has 1 aliphatic rings. The van der Waals surface area contributed by atoms with Crippen molar-refractivity contribution in [3.05, 3.63) is 59.1 Å². The molecule has 1 heterocycles. The summed E-state index contributed by atoms with van der Waals surface area (Å²) in [7, 11) is 0. The maximum absolute atomic E-state index is 12.6. The van der Waals surface area contributed by atoms with Crippen LogP contribution in [0.1, 0.15) is 16.8 Å². The maximum Gasteiger partial charge on any atom is 0.255 e. The van der Waals surface area contributed by atoms with Gasteiger partial charge in [0.15, 0.2) is 0 Å². The third-order valence-corrected chi connectivity index (χ3v) is 4.15. The molecule has 1 saturated heterocycles. The highest BCUT2D eigenvalue weighted by Gasteiger charge is 2.26. The zero-order chi connectivity index (χ0) is 14.8. The Morgan fingerprint density at radius 3 is 2.50 bits per heavy atom. The van der Waals surface area contributed by atoms with Gasteiger partial charge < -0.3 is 10.6 Å². The predicted octanol–water partition coefficient (Wildman–Crippen LogP) is 3.60. The van der Waals surface area contributed by atoms with E-state index < -0.39 is 0 Å². The van der Waals surface area contributed by atoms with E-state index in [4.69, 9.17) is 17.3 Å². The largest absolute Gasteiger partial charge is 0.337 e. The van der Waals surface area contributed by atoms with Gasteiger partial charge >= 0.3 is 0 Å². The highest BCUT2D eigenvalue weighted by molar-refractivity contribution is 6.34. The van der Waals surface area contributed by atoms with Crippen molar-refractivity contribution in [1.82, 2.24) is 4.90 Å². The van der Waals surface area contributed by atoms with Crippen LogP contribution in [0.2, 0.25) is 5.02 Å². The highest BCUT2D eigenvalue weighted by atomic mass is 35.5. The van der Waals surface area contributed by atoms with Crippen LogP contribution in [-0.4, -0.2) is 29.9 Å². The number of hydrogen-bond acceptors (Lipinski definition) is 2. The van der Waals surface area contributed by atoms with Gasteiger partial charge in [-0.1, -0.05) is 48.0 Å². The zero-order valence-electron chi connectivity index (χ0n) is 12.0. The second-order valence-electron chi connectivity index (χ2n) is 5.36. The number of carbonyl (C=O) groups excluding carboxylic acids is 1. The minimum atomic E-state index is -0.0364. The molecule has 1 aliphatic heterocycles. The summed E-state index contributed by atoms with van der Waals surface area (Å²) in [6.45, 7) is 1.30. The topological polar surface area (TPSA) is 46.3 Å². The Morgan fingerprint density at radius 1 is 1.14 bits per heavy atom. The number of nitrogens with zero attached hydrogens (tertiary/aromatic N) is 1. The summed E-state index contributed by atoms with van der Waals surface area (Å²) in [5.74, 6) is -0.0364. The van der Waals surface area contributed by atoms with Crippen LogP contribution in [0.4, 0.5) is 0 Å². The molecule has 2 aromatic carbocycles. The average Bonchev–Trinajstić information content (AvgIpc) is 2.94. The van der Waals surface area contributed by atoms with Gasteiger partial charge in [-0.15, -0.1) is 12.4 Å². The summed E-state index contributed by atoms with van der Waals surface area (Å²) in [5.41, 5.74) is 8.48. The molecule has 5 heteroatoms. The number of halogens is 2. The van der Waals surface area contributed by atoms with Gasteiger partial charge in [-0.2, -0.15) is 0 Å². The lowest BCUT2D eigenvalue weighted by molar-refractivity contribution is 0.0791. The van der Waals surface area contributed by atoms with E-state index >= 15 is 0 Å². The van der Waals surface area contributed by atoms with E-state index in [0.717, 1.165) is 17.5 Å². The van der Waals surface area contributed by atoms with E-state index in [-0.39, 0.29) is 24.4 Å². The zero-order valence-corrected chi connectivity index (χ0v) is 13.6. The molecule has 116 valence electrons. The highest BCUT2D eigenvalue weighted by Crippen LogP contribution is 2.27. The molecule has 0 aliphatic carbocycles. The summed E-state index contributed by atoms with van der Waals surface area (Å²) < 4.78 is 0. The number of carbonyl (C=O) groups is 1. The number of nitrogens with two attached hydrogens (primary N) is 1. The van der Waals surface area contributed by atoms with Crippen molar-refractivity contribution in [1.29, 1.82) is 0 Å². The van der Waals surface area contributed by atoms with Gasteiger partial charge in [0.2, 0.25) is 0 Å². The lowest BCUT2D eigenvalue weighted by Crippen LogP contribution is -2.32. The van der Waals surface area contributed by atoms with E-state index in [1.165, 1.54) is 0 Å². The summed E-state index contributed by atoms with van der Waals surface area (Å²) in [4.78, 5) is 14.4. The fourth-order valence-electron chi connectivity index (χ4n) is 2.64. The summed E-state index contributed by atoms with van der Waals surface area (Å²) in [6, 6.07) is 15.6. The molecule has 0 bridgehead atoms. The van der Waals surface area contributed by atoms with Gasteiger partial charge in [0, 0.05) is 19.1 Å². The molecular weight excluding hydrogens is 319 g/mol. The van der Waals surface area contributed by atoms with Crippen LogP contribution in [0.5, 0.6) is 0 Å². The van der Waals surface area contributed by atoms with Crippen molar-refractivity contribution < 1.29 is 4.79 Å². The first-order chi connectivity index (χ1) is 10.1. The minimum absolute atomic E-state index is 0. The molecule has 3 rings (SSSR count). The van der Waals surface area contributed by atoms with Gasteiger partial charge in [0.05, 0.1) is 10.6 Å². The molecule has 3 nitrogen and oxygen atoms in total. The van der Waals surface area contributed by atoms with Gasteiger partial charge in [0.25, 0.3) is 5.91 Å². The first-order valence-electron chi connectivity index (χ1n) is 7.05. The molecular formula is C17H18Cl2N2O. The van der Waals surface area contributed by atoms with Crippen molar-refractivity contribution in [3.63, 3.8) is 0 Å². The fourth-order valence-corrected chi connectivity index (χ4v) is 2.84. The predicted molar refractivity (Wildman–Crippen MR) is 92.6 cm³/mol. The van der Waals surface area contributed by atoms with Crippen LogP contribution >= 0.6 is 24.0 Å². The lowest BCUT2D eigenvalue weighted by atomic mass is 10.0. The van der Waals surface area contributed by atoms with Crippen molar-refractivity contribution in [2.75, 3.05) is 13.1 Å². The molecule has 0 spiro atoms. The number of hydrogen-bond donors (Lipinski definition) is 1.